The topological polar surface area (TPSA) is 55.6 Å². The third kappa shape index (κ3) is 4.23. The summed E-state index contributed by atoms with van der Waals surface area (Å²) in [7, 11) is 0. The van der Waals surface area contributed by atoms with E-state index in [1.807, 2.05) is 24.0 Å². The number of benzene rings is 1. The molecule has 1 heterocycles. The van der Waals surface area contributed by atoms with Gasteiger partial charge in [-0.25, -0.2) is 0 Å². The van der Waals surface area contributed by atoms with Gasteiger partial charge in [0.2, 0.25) is 0 Å². The molecule has 22 heavy (non-hydrogen) atoms. The molecular formula is C18H28N2O2. The number of likely N-dealkylation sites (tertiary alicyclic amines) is 1. The normalized spacial score (nSPS) is 20.0. The summed E-state index contributed by atoms with van der Waals surface area (Å²) in [4.78, 5) is 14.3. The maximum Gasteiger partial charge on any atom is 0.260 e. The fourth-order valence-corrected chi connectivity index (χ4v) is 2.99. The van der Waals surface area contributed by atoms with Gasteiger partial charge in [0.15, 0.2) is 6.61 Å². The van der Waals surface area contributed by atoms with Crippen molar-refractivity contribution >= 4 is 5.91 Å². The zero-order chi connectivity index (χ0) is 16.1. The Morgan fingerprint density at radius 3 is 2.55 bits per heavy atom. The van der Waals surface area contributed by atoms with Gasteiger partial charge in [-0.15, -0.1) is 0 Å². The minimum atomic E-state index is 0.00887. The average Bonchev–Trinajstić information content (AvgIpc) is 2.53. The summed E-state index contributed by atoms with van der Waals surface area (Å²) in [5, 5.41) is 0. The van der Waals surface area contributed by atoms with Crippen molar-refractivity contribution in [2.24, 2.45) is 5.73 Å². The lowest BCUT2D eigenvalue weighted by molar-refractivity contribution is -0.137. The number of nitrogens with two attached hydrogens (primary N) is 1. The molecule has 2 unspecified atom stereocenters. The second-order valence-electron chi connectivity index (χ2n) is 6.52. The molecule has 2 N–H and O–H groups in total. The molecule has 1 aromatic carbocycles. The molecule has 2 rings (SSSR count). The lowest BCUT2D eigenvalue weighted by Crippen LogP contribution is -2.52. The van der Waals surface area contributed by atoms with Crippen LogP contribution in [0.25, 0.3) is 0 Å². The molecule has 0 saturated carbocycles. The highest BCUT2D eigenvalue weighted by molar-refractivity contribution is 5.78. The molecule has 122 valence electrons. The third-order valence-corrected chi connectivity index (χ3v) is 4.39. The maximum atomic E-state index is 12.4. The highest BCUT2D eigenvalue weighted by atomic mass is 16.5. The first kappa shape index (κ1) is 16.8. The zero-order valence-corrected chi connectivity index (χ0v) is 13.9. The van der Waals surface area contributed by atoms with Crippen LogP contribution in [-0.2, 0) is 4.79 Å². The Kier molecular flexibility index (Phi) is 5.83. The summed E-state index contributed by atoms with van der Waals surface area (Å²) < 4.78 is 5.65. The summed E-state index contributed by atoms with van der Waals surface area (Å²) >= 11 is 0. The number of carbonyl (C=O) groups excluding carboxylic acids is 1. The van der Waals surface area contributed by atoms with Gasteiger partial charge in [0.25, 0.3) is 5.91 Å². The Balaban J connectivity index is 1.91. The second-order valence-corrected chi connectivity index (χ2v) is 6.52. The smallest absolute Gasteiger partial charge is 0.260 e. The van der Waals surface area contributed by atoms with E-state index in [9.17, 15) is 4.79 Å². The molecule has 0 spiro atoms. The predicted octanol–water partition coefficient (Wildman–Crippen LogP) is 2.92. The van der Waals surface area contributed by atoms with Crippen molar-refractivity contribution in [2.45, 2.75) is 58.0 Å². The van der Waals surface area contributed by atoms with Gasteiger partial charge in [0, 0.05) is 18.6 Å². The van der Waals surface area contributed by atoms with Gasteiger partial charge < -0.3 is 15.4 Å². The van der Waals surface area contributed by atoms with Gasteiger partial charge in [-0.1, -0.05) is 26.0 Å². The first-order valence-corrected chi connectivity index (χ1v) is 8.27. The van der Waals surface area contributed by atoms with Crippen molar-refractivity contribution in [3.8, 4) is 5.75 Å². The summed E-state index contributed by atoms with van der Waals surface area (Å²) in [5.41, 5.74) is 7.28. The van der Waals surface area contributed by atoms with E-state index >= 15 is 0 Å². The molecule has 2 atom stereocenters. The third-order valence-electron chi connectivity index (χ3n) is 4.39. The Bertz CT molecular complexity index is 482. The van der Waals surface area contributed by atoms with Crippen LogP contribution in [0.5, 0.6) is 5.75 Å². The largest absolute Gasteiger partial charge is 0.484 e. The minimum Gasteiger partial charge on any atom is -0.484 e. The van der Waals surface area contributed by atoms with Gasteiger partial charge in [-0.05, 0) is 49.8 Å². The van der Waals surface area contributed by atoms with Gasteiger partial charge in [-0.2, -0.15) is 0 Å². The first-order chi connectivity index (χ1) is 10.5. The van der Waals surface area contributed by atoms with Crippen LogP contribution in [0, 0.1) is 0 Å². The van der Waals surface area contributed by atoms with Crippen LogP contribution in [0.4, 0.5) is 0 Å². The molecule has 1 amide bonds. The Hall–Kier alpha value is -1.55. The van der Waals surface area contributed by atoms with E-state index in [4.69, 9.17) is 10.5 Å². The van der Waals surface area contributed by atoms with Gasteiger partial charge in [0.1, 0.15) is 5.75 Å². The monoisotopic (exact) mass is 304 g/mol. The van der Waals surface area contributed by atoms with E-state index in [1.165, 1.54) is 5.56 Å². The van der Waals surface area contributed by atoms with Crippen molar-refractivity contribution in [1.82, 2.24) is 4.90 Å². The van der Waals surface area contributed by atoms with Crippen LogP contribution in [0.2, 0.25) is 0 Å². The van der Waals surface area contributed by atoms with Gasteiger partial charge >= 0.3 is 0 Å². The fraction of sp³-hybridized carbons (Fsp3) is 0.611. The molecule has 1 saturated heterocycles. The number of ether oxygens (including phenoxy) is 1. The predicted molar refractivity (Wildman–Crippen MR) is 89.0 cm³/mol. The van der Waals surface area contributed by atoms with E-state index in [1.54, 1.807) is 0 Å². The molecule has 0 radical (unpaired) electrons. The molecule has 0 aromatic heterocycles. The van der Waals surface area contributed by atoms with Crippen LogP contribution < -0.4 is 10.5 Å². The molecular weight excluding hydrogens is 276 g/mol. The summed E-state index contributed by atoms with van der Waals surface area (Å²) in [6, 6.07) is 8.12. The van der Waals surface area contributed by atoms with Crippen molar-refractivity contribution < 1.29 is 9.53 Å². The number of nitrogens with zero attached hydrogens (tertiary/aromatic N) is 1. The number of carbonyl (C=O) groups is 1. The fourth-order valence-electron chi connectivity index (χ4n) is 2.99. The van der Waals surface area contributed by atoms with Gasteiger partial charge in [-0.3, -0.25) is 4.79 Å². The van der Waals surface area contributed by atoms with Crippen molar-refractivity contribution in [3.63, 3.8) is 0 Å². The molecule has 4 heteroatoms. The standard InChI is InChI=1S/C18H28N2O2/c1-13(2)15-7-9-16(10-8-15)22-12-18(21)20-11-5-4-6-17(20)14(3)19/h7-10,13-14,17H,4-6,11-12,19H2,1-3H3. The summed E-state index contributed by atoms with van der Waals surface area (Å²) in [6.07, 6.45) is 3.19. The van der Waals surface area contributed by atoms with E-state index in [0.29, 0.717) is 5.92 Å². The number of piperidine rings is 1. The van der Waals surface area contributed by atoms with Crippen molar-refractivity contribution in [2.75, 3.05) is 13.2 Å². The number of amides is 1. The van der Waals surface area contributed by atoms with Crippen LogP contribution >= 0.6 is 0 Å². The molecule has 1 aromatic rings. The molecule has 1 aliphatic heterocycles. The van der Waals surface area contributed by atoms with Crippen LogP contribution in [0.3, 0.4) is 0 Å². The van der Waals surface area contributed by atoms with E-state index in [-0.39, 0.29) is 24.6 Å². The maximum absolute atomic E-state index is 12.4. The molecule has 4 nitrogen and oxygen atoms in total. The highest BCUT2D eigenvalue weighted by Gasteiger charge is 2.29. The average molecular weight is 304 g/mol. The highest BCUT2D eigenvalue weighted by Crippen LogP contribution is 2.21. The van der Waals surface area contributed by atoms with Crippen LogP contribution in [0.1, 0.15) is 51.5 Å². The molecule has 0 aliphatic carbocycles. The Morgan fingerprint density at radius 2 is 1.95 bits per heavy atom. The lowest BCUT2D eigenvalue weighted by Gasteiger charge is -2.38. The van der Waals surface area contributed by atoms with Crippen molar-refractivity contribution in [1.29, 1.82) is 0 Å². The minimum absolute atomic E-state index is 0.00887. The summed E-state index contributed by atoms with van der Waals surface area (Å²) in [5.74, 6) is 1.28. The Morgan fingerprint density at radius 1 is 1.27 bits per heavy atom. The first-order valence-electron chi connectivity index (χ1n) is 8.27. The molecule has 0 bridgehead atoms. The van der Waals surface area contributed by atoms with E-state index in [0.717, 1.165) is 31.6 Å². The molecule has 1 fully saturated rings. The van der Waals surface area contributed by atoms with Gasteiger partial charge in [0.05, 0.1) is 0 Å². The summed E-state index contributed by atoms with van der Waals surface area (Å²) in [6.45, 7) is 7.17. The second kappa shape index (κ2) is 7.63. The zero-order valence-electron chi connectivity index (χ0n) is 13.9. The number of hydrogen-bond acceptors (Lipinski definition) is 3. The van der Waals surface area contributed by atoms with E-state index < -0.39 is 0 Å². The number of rotatable bonds is 5. The van der Waals surface area contributed by atoms with Crippen LogP contribution in [-0.4, -0.2) is 36.0 Å². The lowest BCUT2D eigenvalue weighted by atomic mass is 9.97. The van der Waals surface area contributed by atoms with E-state index in [2.05, 4.69) is 26.0 Å². The SMILES string of the molecule is CC(C)c1ccc(OCC(=O)N2CCCCC2C(C)N)cc1. The number of hydrogen-bond donors (Lipinski definition) is 1. The van der Waals surface area contributed by atoms with Crippen molar-refractivity contribution in [3.05, 3.63) is 29.8 Å². The molecule has 1 aliphatic rings. The Labute approximate surface area is 133 Å². The van der Waals surface area contributed by atoms with Crippen LogP contribution in [0.15, 0.2) is 24.3 Å². The quantitative estimate of drug-likeness (QED) is 0.910.